The van der Waals surface area contributed by atoms with Gasteiger partial charge in [0.05, 0.1) is 5.69 Å². The zero-order chi connectivity index (χ0) is 9.30. The number of benzene rings is 1. The summed E-state index contributed by atoms with van der Waals surface area (Å²) in [5, 5.41) is 28.4. The Bertz CT molecular complexity index is 301. The average Bonchev–Trinajstić information content (AvgIpc) is 2.00. The summed E-state index contributed by atoms with van der Waals surface area (Å²) in [6, 6.07) is 2.66. The molecule has 0 aromatic heterocycles. The summed E-state index contributed by atoms with van der Waals surface area (Å²) in [6.07, 6.45) is 0. The van der Waals surface area contributed by atoms with Crippen LogP contribution in [0.1, 0.15) is 5.56 Å². The fraction of sp³-hybridized carbons (Fsp3) is 0.143. The van der Waals surface area contributed by atoms with Crippen molar-refractivity contribution in [1.29, 1.82) is 0 Å². The molecular formula is C7H7ClNO3-. The molecule has 0 bridgehead atoms. The van der Waals surface area contributed by atoms with Crippen molar-refractivity contribution in [2.45, 2.75) is 6.92 Å². The first-order valence-electron chi connectivity index (χ1n) is 3.18. The Hall–Kier alpha value is -0.970. The third-order valence-corrected chi connectivity index (χ3v) is 1.94. The van der Waals surface area contributed by atoms with E-state index in [4.69, 9.17) is 22.0 Å². The number of hydrogen-bond acceptors (Lipinski definition) is 4. The van der Waals surface area contributed by atoms with Gasteiger partial charge in [0, 0.05) is 5.02 Å². The molecule has 0 atom stereocenters. The van der Waals surface area contributed by atoms with E-state index in [1.807, 2.05) is 0 Å². The van der Waals surface area contributed by atoms with Gasteiger partial charge >= 0.3 is 0 Å². The Labute approximate surface area is 74.2 Å². The molecule has 0 aliphatic rings. The normalized spacial score (nSPS) is 10.0. The third kappa shape index (κ3) is 1.45. The van der Waals surface area contributed by atoms with Crippen molar-refractivity contribution in [2.24, 2.45) is 0 Å². The highest BCUT2D eigenvalue weighted by Gasteiger charge is 2.04. The summed E-state index contributed by atoms with van der Waals surface area (Å²) in [7, 11) is 0. The number of hydrogen-bond donors (Lipinski definition) is 2. The van der Waals surface area contributed by atoms with Gasteiger partial charge in [-0.1, -0.05) is 17.4 Å². The van der Waals surface area contributed by atoms with E-state index < -0.39 is 5.75 Å². The molecule has 0 aliphatic carbocycles. The van der Waals surface area contributed by atoms with Crippen molar-refractivity contribution in [3.63, 3.8) is 0 Å². The third-order valence-electron chi connectivity index (χ3n) is 1.53. The average molecular weight is 189 g/mol. The van der Waals surface area contributed by atoms with E-state index in [9.17, 15) is 5.11 Å². The van der Waals surface area contributed by atoms with Gasteiger partial charge in [-0.05, 0) is 24.6 Å². The van der Waals surface area contributed by atoms with Crippen LogP contribution in [-0.2, 0) is 0 Å². The highest BCUT2D eigenvalue weighted by Crippen LogP contribution is 2.31. The smallest absolute Gasteiger partial charge is 0.0868 e. The van der Waals surface area contributed by atoms with Crippen LogP contribution in [-0.4, -0.2) is 10.4 Å². The summed E-state index contributed by atoms with van der Waals surface area (Å²) in [6.45, 7) is 1.51. The van der Waals surface area contributed by atoms with Gasteiger partial charge in [0.2, 0.25) is 0 Å². The minimum absolute atomic E-state index is 0.211. The molecule has 0 saturated heterocycles. The molecule has 0 fully saturated rings. The second-order valence-electron chi connectivity index (χ2n) is 2.31. The molecule has 0 amide bonds. The first-order chi connectivity index (χ1) is 5.54. The van der Waals surface area contributed by atoms with Gasteiger partial charge in [-0.15, -0.1) is 5.23 Å². The molecule has 2 N–H and O–H groups in total. The van der Waals surface area contributed by atoms with Gasteiger partial charge in [-0.3, -0.25) is 10.4 Å². The maximum Gasteiger partial charge on any atom is 0.0868 e. The first-order valence-corrected chi connectivity index (χ1v) is 3.56. The highest BCUT2D eigenvalue weighted by molar-refractivity contribution is 6.31. The van der Waals surface area contributed by atoms with Crippen LogP contribution >= 0.6 is 11.6 Å². The largest absolute Gasteiger partial charge is 0.871 e. The van der Waals surface area contributed by atoms with Crippen LogP contribution in [0, 0.1) is 6.92 Å². The molecular weight excluding hydrogens is 182 g/mol. The van der Waals surface area contributed by atoms with E-state index in [2.05, 4.69) is 0 Å². The summed E-state index contributed by atoms with van der Waals surface area (Å²) < 4.78 is 0. The van der Waals surface area contributed by atoms with E-state index in [0.29, 0.717) is 10.6 Å². The zero-order valence-electron chi connectivity index (χ0n) is 6.28. The van der Waals surface area contributed by atoms with Crippen molar-refractivity contribution in [2.75, 3.05) is 5.23 Å². The van der Waals surface area contributed by atoms with Gasteiger partial charge in [0.1, 0.15) is 0 Å². The molecule has 0 unspecified atom stereocenters. The lowest BCUT2D eigenvalue weighted by Crippen LogP contribution is -2.14. The molecule has 1 aromatic carbocycles. The van der Waals surface area contributed by atoms with Crippen LogP contribution in [0.25, 0.3) is 0 Å². The minimum atomic E-state index is -0.493. The lowest BCUT2D eigenvalue weighted by molar-refractivity contribution is -0.269. The molecule has 0 saturated carbocycles. The van der Waals surface area contributed by atoms with E-state index in [1.54, 1.807) is 0 Å². The number of rotatable bonds is 1. The molecule has 1 rings (SSSR count). The standard InChI is InChI=1S/C7H8ClNO3/c1-4-5(8)2-3-6(7(4)10)9(11)12/h2-3,10-12H,1H3/p-1. The Morgan fingerprint density at radius 1 is 1.42 bits per heavy atom. The van der Waals surface area contributed by atoms with Crippen LogP contribution in [0.5, 0.6) is 5.75 Å². The minimum Gasteiger partial charge on any atom is -0.871 e. The van der Waals surface area contributed by atoms with Crippen molar-refractivity contribution < 1.29 is 15.5 Å². The van der Waals surface area contributed by atoms with E-state index in [0.717, 1.165) is 0 Å². The quantitative estimate of drug-likeness (QED) is 0.652. The number of nitrogens with zero attached hydrogens (tertiary/aromatic N) is 1. The first kappa shape index (κ1) is 9.12. The van der Waals surface area contributed by atoms with Crippen molar-refractivity contribution in [3.8, 4) is 5.75 Å². The van der Waals surface area contributed by atoms with Gasteiger partial charge in [-0.25, -0.2) is 0 Å². The SMILES string of the molecule is Cc1c(Cl)ccc(N(O)O)c1[O-]. The summed E-state index contributed by atoms with van der Waals surface area (Å²) >= 11 is 5.61. The monoisotopic (exact) mass is 188 g/mol. The Balaban J connectivity index is 3.27. The second kappa shape index (κ2) is 3.18. The van der Waals surface area contributed by atoms with Crippen LogP contribution in [0.3, 0.4) is 0 Å². The molecule has 0 spiro atoms. The maximum absolute atomic E-state index is 11.2. The van der Waals surface area contributed by atoms with E-state index in [1.165, 1.54) is 19.1 Å². The summed E-state index contributed by atoms with van der Waals surface area (Å²) in [4.78, 5) is 0. The summed E-state index contributed by atoms with van der Waals surface area (Å²) in [5.41, 5.74) is 0.0826. The van der Waals surface area contributed by atoms with Gasteiger partial charge in [-0.2, -0.15) is 0 Å². The van der Waals surface area contributed by atoms with E-state index >= 15 is 0 Å². The Morgan fingerprint density at radius 3 is 2.50 bits per heavy atom. The molecule has 0 heterocycles. The van der Waals surface area contributed by atoms with Crippen LogP contribution < -0.4 is 10.3 Å². The second-order valence-corrected chi connectivity index (χ2v) is 2.72. The number of anilines is 1. The van der Waals surface area contributed by atoms with Crippen molar-refractivity contribution in [3.05, 3.63) is 22.7 Å². The molecule has 66 valence electrons. The van der Waals surface area contributed by atoms with Crippen LogP contribution in [0.4, 0.5) is 5.69 Å². The van der Waals surface area contributed by atoms with Gasteiger partial charge in [0.15, 0.2) is 0 Å². The molecule has 0 radical (unpaired) electrons. The van der Waals surface area contributed by atoms with E-state index in [-0.39, 0.29) is 10.9 Å². The van der Waals surface area contributed by atoms with Gasteiger partial charge < -0.3 is 5.11 Å². The maximum atomic E-state index is 11.2. The predicted octanol–water partition coefficient (Wildman–Crippen LogP) is 1.31. The lowest BCUT2D eigenvalue weighted by atomic mass is 10.2. The fourth-order valence-corrected chi connectivity index (χ4v) is 0.960. The fourth-order valence-electron chi connectivity index (χ4n) is 0.811. The lowest BCUT2D eigenvalue weighted by Gasteiger charge is -2.19. The van der Waals surface area contributed by atoms with Crippen molar-refractivity contribution in [1.82, 2.24) is 0 Å². The summed E-state index contributed by atoms with van der Waals surface area (Å²) in [5.74, 6) is -0.493. The van der Waals surface area contributed by atoms with Crippen molar-refractivity contribution >= 4 is 17.3 Å². The zero-order valence-corrected chi connectivity index (χ0v) is 7.04. The topological polar surface area (TPSA) is 66.8 Å². The Morgan fingerprint density at radius 2 is 2.00 bits per heavy atom. The van der Waals surface area contributed by atoms with Crippen LogP contribution in [0.15, 0.2) is 12.1 Å². The Kier molecular flexibility index (Phi) is 2.42. The highest BCUT2D eigenvalue weighted by atomic mass is 35.5. The predicted molar refractivity (Wildman–Crippen MR) is 41.7 cm³/mol. The molecule has 4 nitrogen and oxygen atoms in total. The molecule has 0 aliphatic heterocycles. The van der Waals surface area contributed by atoms with Crippen LogP contribution in [0.2, 0.25) is 5.02 Å². The molecule has 12 heavy (non-hydrogen) atoms. The molecule has 1 aromatic rings. The van der Waals surface area contributed by atoms with Gasteiger partial charge in [0.25, 0.3) is 0 Å². The molecule has 5 heteroatoms. The number of halogens is 1.